The molecular formula is C19H16INO2. The molecule has 23 heavy (non-hydrogen) atoms. The van der Waals surface area contributed by atoms with Crippen LogP contribution in [0.1, 0.15) is 36.5 Å². The zero-order valence-corrected chi connectivity index (χ0v) is 15.1. The average Bonchev–Trinajstić information content (AvgIpc) is 2.91. The highest BCUT2D eigenvalue weighted by molar-refractivity contribution is 14.1. The van der Waals surface area contributed by atoms with Crippen molar-refractivity contribution in [3.8, 4) is 0 Å². The van der Waals surface area contributed by atoms with Crippen molar-refractivity contribution in [1.29, 1.82) is 0 Å². The van der Waals surface area contributed by atoms with Crippen LogP contribution in [-0.2, 0) is 9.53 Å². The maximum Gasteiger partial charge on any atom is 0.363 e. The van der Waals surface area contributed by atoms with Gasteiger partial charge in [0.2, 0.25) is 5.90 Å². The van der Waals surface area contributed by atoms with Gasteiger partial charge in [0.05, 0.1) is 0 Å². The monoisotopic (exact) mass is 417 g/mol. The Kier molecular flexibility index (Phi) is 4.61. The highest BCUT2D eigenvalue weighted by Gasteiger charge is 2.24. The maximum atomic E-state index is 12.0. The van der Waals surface area contributed by atoms with E-state index in [2.05, 4.69) is 41.4 Å². The lowest BCUT2D eigenvalue weighted by Crippen LogP contribution is -2.05. The van der Waals surface area contributed by atoms with E-state index in [4.69, 9.17) is 4.74 Å². The molecule has 3 rings (SSSR count). The summed E-state index contributed by atoms with van der Waals surface area (Å²) >= 11 is 2.24. The van der Waals surface area contributed by atoms with E-state index >= 15 is 0 Å². The Morgan fingerprint density at radius 1 is 1.09 bits per heavy atom. The molecule has 2 aromatic carbocycles. The van der Waals surface area contributed by atoms with Gasteiger partial charge in [-0.2, -0.15) is 0 Å². The number of aliphatic imine (C=N–C) groups is 1. The van der Waals surface area contributed by atoms with E-state index in [1.165, 1.54) is 5.56 Å². The fourth-order valence-electron chi connectivity index (χ4n) is 2.28. The third-order valence-electron chi connectivity index (χ3n) is 3.64. The molecule has 0 aliphatic carbocycles. The van der Waals surface area contributed by atoms with E-state index in [-0.39, 0.29) is 0 Å². The summed E-state index contributed by atoms with van der Waals surface area (Å²) in [6, 6.07) is 15.8. The molecule has 0 radical (unpaired) electrons. The van der Waals surface area contributed by atoms with Gasteiger partial charge in [0.1, 0.15) is 0 Å². The maximum absolute atomic E-state index is 12.0. The van der Waals surface area contributed by atoms with Crippen molar-refractivity contribution in [2.24, 2.45) is 4.99 Å². The van der Waals surface area contributed by atoms with Crippen LogP contribution in [0.4, 0.5) is 0 Å². The number of hydrogen-bond acceptors (Lipinski definition) is 3. The third-order valence-corrected chi connectivity index (χ3v) is 4.62. The first-order valence-corrected chi connectivity index (χ1v) is 8.50. The molecule has 1 aliphatic heterocycles. The lowest BCUT2D eigenvalue weighted by molar-refractivity contribution is -0.129. The molecule has 116 valence electrons. The first-order chi connectivity index (χ1) is 11.0. The van der Waals surface area contributed by atoms with Gasteiger partial charge in [-0.15, -0.1) is 0 Å². The van der Waals surface area contributed by atoms with E-state index in [0.29, 0.717) is 17.5 Å². The smallest absolute Gasteiger partial charge is 0.363 e. The summed E-state index contributed by atoms with van der Waals surface area (Å²) < 4.78 is 6.38. The highest BCUT2D eigenvalue weighted by atomic mass is 127. The molecular weight excluding hydrogens is 401 g/mol. The fraction of sp³-hybridized carbons (Fsp3) is 0.158. The molecule has 3 nitrogen and oxygen atoms in total. The molecule has 1 aliphatic rings. The lowest BCUT2D eigenvalue weighted by atomic mass is 10.0. The molecule has 2 aromatic rings. The van der Waals surface area contributed by atoms with Gasteiger partial charge in [0, 0.05) is 9.13 Å². The Hall–Kier alpha value is -1.95. The van der Waals surface area contributed by atoms with Crippen LogP contribution >= 0.6 is 22.6 Å². The quantitative estimate of drug-likeness (QED) is 0.411. The largest absolute Gasteiger partial charge is 0.402 e. The molecule has 0 aromatic heterocycles. The second-order valence-electron chi connectivity index (χ2n) is 5.63. The standard InChI is InChI=1S/C19H16INO2/c1-12(2)13-7-9-14(10-8-13)18-21-17(19(22)23-18)11-15-5-3-4-6-16(15)20/h3-12H,1-2H3/b17-11-. The topological polar surface area (TPSA) is 38.7 Å². The number of ether oxygens (including phenoxy) is 1. The van der Waals surface area contributed by atoms with Crippen molar-refractivity contribution in [3.05, 3.63) is 74.5 Å². The highest BCUT2D eigenvalue weighted by Crippen LogP contribution is 2.22. The molecule has 0 atom stereocenters. The summed E-state index contributed by atoms with van der Waals surface area (Å²) in [6.45, 7) is 4.29. The number of esters is 1. The number of carbonyl (C=O) groups excluding carboxylic acids is 1. The average molecular weight is 417 g/mol. The molecule has 0 N–H and O–H groups in total. The van der Waals surface area contributed by atoms with Gasteiger partial charge in [-0.1, -0.05) is 44.2 Å². The fourth-order valence-corrected chi connectivity index (χ4v) is 2.83. The van der Waals surface area contributed by atoms with Gasteiger partial charge in [0.15, 0.2) is 5.70 Å². The molecule has 0 saturated carbocycles. The van der Waals surface area contributed by atoms with Gasteiger partial charge < -0.3 is 4.74 Å². The molecule has 0 bridgehead atoms. The van der Waals surface area contributed by atoms with Crippen LogP contribution in [0.15, 0.2) is 59.2 Å². The summed E-state index contributed by atoms with van der Waals surface area (Å²) in [6.07, 6.45) is 1.76. The van der Waals surface area contributed by atoms with E-state index in [0.717, 1.165) is 14.7 Å². The van der Waals surface area contributed by atoms with Crippen LogP contribution in [0.3, 0.4) is 0 Å². The number of carbonyl (C=O) groups is 1. The minimum Gasteiger partial charge on any atom is -0.402 e. The van der Waals surface area contributed by atoms with Gasteiger partial charge in [0.25, 0.3) is 0 Å². The normalized spacial score (nSPS) is 15.9. The molecule has 0 unspecified atom stereocenters. The van der Waals surface area contributed by atoms with Crippen molar-refractivity contribution >= 4 is 40.5 Å². The SMILES string of the molecule is CC(C)c1ccc(C2=N/C(=C\c3ccccc3I)C(=O)O2)cc1. The number of halogens is 1. The van der Waals surface area contributed by atoms with Crippen molar-refractivity contribution in [3.63, 3.8) is 0 Å². The van der Waals surface area contributed by atoms with Crippen LogP contribution < -0.4 is 0 Å². The van der Waals surface area contributed by atoms with Crippen LogP contribution in [0.25, 0.3) is 6.08 Å². The summed E-state index contributed by atoms with van der Waals surface area (Å²) in [5.74, 6) is 0.419. The molecule has 0 saturated heterocycles. The van der Waals surface area contributed by atoms with E-state index in [1.807, 2.05) is 48.5 Å². The predicted molar refractivity (Wildman–Crippen MR) is 100 cm³/mol. The third kappa shape index (κ3) is 3.52. The first-order valence-electron chi connectivity index (χ1n) is 7.42. The summed E-state index contributed by atoms with van der Waals surface area (Å²) in [5, 5.41) is 0. The number of nitrogens with zero attached hydrogens (tertiary/aromatic N) is 1. The van der Waals surface area contributed by atoms with Gasteiger partial charge in [-0.3, -0.25) is 0 Å². The van der Waals surface area contributed by atoms with Crippen molar-refractivity contribution in [1.82, 2.24) is 0 Å². The number of rotatable bonds is 3. The van der Waals surface area contributed by atoms with Gasteiger partial charge in [-0.05, 0) is 63.9 Å². The second kappa shape index (κ2) is 6.66. The first kappa shape index (κ1) is 15.9. The molecule has 4 heteroatoms. The zero-order chi connectivity index (χ0) is 16.4. The van der Waals surface area contributed by atoms with Gasteiger partial charge >= 0.3 is 5.97 Å². The molecule has 0 spiro atoms. The minimum atomic E-state index is -0.410. The number of hydrogen-bond donors (Lipinski definition) is 0. The van der Waals surface area contributed by atoms with Crippen LogP contribution in [0, 0.1) is 3.57 Å². The Bertz CT molecular complexity index is 804. The summed E-state index contributed by atoms with van der Waals surface area (Å²) in [7, 11) is 0. The van der Waals surface area contributed by atoms with Gasteiger partial charge in [-0.25, -0.2) is 9.79 Å². The molecule has 0 fully saturated rings. The van der Waals surface area contributed by atoms with E-state index in [1.54, 1.807) is 6.08 Å². The molecule has 1 heterocycles. The summed E-state index contributed by atoms with van der Waals surface area (Å²) in [5.41, 5.74) is 3.35. The summed E-state index contributed by atoms with van der Waals surface area (Å²) in [4.78, 5) is 16.4. The van der Waals surface area contributed by atoms with Crippen LogP contribution in [-0.4, -0.2) is 11.9 Å². The van der Waals surface area contributed by atoms with Crippen LogP contribution in [0.5, 0.6) is 0 Å². The lowest BCUT2D eigenvalue weighted by Gasteiger charge is -2.05. The van der Waals surface area contributed by atoms with Crippen LogP contribution in [0.2, 0.25) is 0 Å². The van der Waals surface area contributed by atoms with Crippen molar-refractivity contribution in [2.75, 3.05) is 0 Å². The van der Waals surface area contributed by atoms with Crippen molar-refractivity contribution in [2.45, 2.75) is 19.8 Å². The minimum absolute atomic E-state index is 0.331. The Morgan fingerprint density at radius 2 is 1.78 bits per heavy atom. The molecule has 0 amide bonds. The Morgan fingerprint density at radius 3 is 2.43 bits per heavy atom. The van der Waals surface area contributed by atoms with Crippen molar-refractivity contribution < 1.29 is 9.53 Å². The predicted octanol–water partition coefficient (Wildman–Crippen LogP) is 4.76. The Balaban J connectivity index is 1.91. The Labute approximate surface area is 149 Å². The van der Waals surface area contributed by atoms with E-state index in [9.17, 15) is 4.79 Å². The zero-order valence-electron chi connectivity index (χ0n) is 12.9. The second-order valence-corrected chi connectivity index (χ2v) is 6.80. The number of benzene rings is 2. The van der Waals surface area contributed by atoms with E-state index < -0.39 is 5.97 Å². The number of cyclic esters (lactones) is 1.